The molecule has 2 atom stereocenters. The van der Waals surface area contributed by atoms with E-state index in [0.717, 1.165) is 0 Å². The Balaban J connectivity index is 1.88. The summed E-state index contributed by atoms with van der Waals surface area (Å²) in [5.41, 5.74) is -0.884. The zero-order valence-electron chi connectivity index (χ0n) is 27.7. The number of aromatic carboxylic acids is 1. The molecule has 0 aromatic heterocycles. The number of benzene rings is 2. The van der Waals surface area contributed by atoms with Crippen LogP contribution in [0.15, 0.2) is 42.5 Å². The molecule has 1 aliphatic heterocycles. The van der Waals surface area contributed by atoms with Crippen molar-refractivity contribution >= 4 is 32.3 Å². The van der Waals surface area contributed by atoms with Crippen LogP contribution in [0.2, 0.25) is 18.1 Å². The fraction of sp³-hybridized carbons (Fsp3) is 0.515. The van der Waals surface area contributed by atoms with E-state index in [1.54, 1.807) is 45.0 Å². The number of esters is 1. The molecule has 1 saturated heterocycles. The first-order valence-electron chi connectivity index (χ1n) is 15.0. The van der Waals surface area contributed by atoms with Crippen LogP contribution in [0.3, 0.4) is 0 Å². The number of carboxylic acids is 1. The summed E-state index contributed by atoms with van der Waals surface area (Å²) in [4.78, 5) is 53.4. The molecule has 0 saturated carbocycles. The number of hydrogen-bond acceptors (Lipinski definition) is 8. The summed E-state index contributed by atoms with van der Waals surface area (Å²) in [6, 6.07) is 10.3. The molecule has 0 unspecified atom stereocenters. The highest BCUT2D eigenvalue weighted by atomic mass is 28.4. The number of carbonyl (C=O) groups is 4. The molecule has 0 aliphatic carbocycles. The van der Waals surface area contributed by atoms with Gasteiger partial charge in [0.15, 0.2) is 0 Å². The van der Waals surface area contributed by atoms with Gasteiger partial charge in [-0.05, 0) is 88.1 Å². The second-order valence-corrected chi connectivity index (χ2v) is 18.4. The number of amides is 2. The first-order valence-corrected chi connectivity index (χ1v) is 17.9. The van der Waals surface area contributed by atoms with Crippen molar-refractivity contribution in [2.45, 2.75) is 90.3 Å². The van der Waals surface area contributed by atoms with Crippen LogP contribution in [0.25, 0.3) is 0 Å². The van der Waals surface area contributed by atoms with Crippen molar-refractivity contribution < 1.29 is 42.9 Å². The number of carboxylic acid groups (broad SMARTS) is 1. The molecule has 11 nitrogen and oxygen atoms in total. The van der Waals surface area contributed by atoms with E-state index in [-0.39, 0.29) is 28.5 Å². The van der Waals surface area contributed by atoms with Crippen LogP contribution < -0.4 is 14.5 Å². The largest absolute Gasteiger partial charge is 0.544 e. The molecule has 45 heavy (non-hydrogen) atoms. The molecule has 3 rings (SSSR count). The van der Waals surface area contributed by atoms with E-state index in [4.69, 9.17) is 18.6 Å². The predicted octanol–water partition coefficient (Wildman–Crippen LogP) is 6.13. The lowest BCUT2D eigenvalue weighted by atomic mass is 10.0. The molecule has 246 valence electrons. The summed E-state index contributed by atoms with van der Waals surface area (Å²) in [5.74, 6) is -1.98. The van der Waals surface area contributed by atoms with Crippen molar-refractivity contribution in [3.8, 4) is 11.5 Å². The smallest absolute Gasteiger partial charge is 0.410 e. The van der Waals surface area contributed by atoms with Crippen LogP contribution in [-0.4, -0.2) is 80.2 Å². The van der Waals surface area contributed by atoms with Gasteiger partial charge < -0.3 is 34.0 Å². The van der Waals surface area contributed by atoms with Crippen molar-refractivity contribution in [1.29, 1.82) is 0 Å². The third-order valence-electron chi connectivity index (χ3n) is 7.98. The second-order valence-electron chi connectivity index (χ2n) is 13.7. The van der Waals surface area contributed by atoms with E-state index in [0.29, 0.717) is 30.7 Å². The standard InChI is InChI=1S/C33H46N2O9Si/c1-32(2,3)43-31(40)35-19-11-14-25(42-30(39)23-12-10-13-26(41-7)27(23)29(37)38)24(20-35)34-28(36)21-15-17-22(18-16-21)44-45(8,9)33(4,5)6/h10,12-13,15-18,24-25H,11,14,19-20H2,1-9H3,(H,34,36)(H,37,38)/t24-,25-/m1/s1. The van der Waals surface area contributed by atoms with Crippen LogP contribution in [-0.2, 0) is 9.47 Å². The van der Waals surface area contributed by atoms with Crippen LogP contribution in [0, 0.1) is 0 Å². The molecule has 0 radical (unpaired) electrons. The number of likely N-dealkylation sites (tertiary alicyclic amines) is 1. The van der Waals surface area contributed by atoms with E-state index < -0.39 is 50.0 Å². The van der Waals surface area contributed by atoms with Crippen molar-refractivity contribution in [2.75, 3.05) is 20.2 Å². The lowest BCUT2D eigenvalue weighted by Crippen LogP contribution is -2.51. The van der Waals surface area contributed by atoms with E-state index in [2.05, 4.69) is 39.2 Å². The average Bonchev–Trinajstić information content (AvgIpc) is 3.13. The Morgan fingerprint density at radius 1 is 0.978 bits per heavy atom. The molecular weight excluding hydrogens is 596 g/mol. The normalized spacial score (nSPS) is 17.5. The van der Waals surface area contributed by atoms with E-state index in [1.807, 2.05) is 0 Å². The van der Waals surface area contributed by atoms with Crippen LogP contribution in [0.4, 0.5) is 4.79 Å². The minimum absolute atomic E-state index is 0.00507. The fourth-order valence-electron chi connectivity index (χ4n) is 4.57. The molecule has 12 heteroatoms. The molecule has 2 aromatic rings. The molecular formula is C33H46N2O9Si. The van der Waals surface area contributed by atoms with Gasteiger partial charge in [0.2, 0.25) is 8.32 Å². The molecule has 1 fully saturated rings. The number of rotatable bonds is 8. The molecule has 0 spiro atoms. The van der Waals surface area contributed by atoms with Gasteiger partial charge in [-0.1, -0.05) is 26.8 Å². The van der Waals surface area contributed by atoms with Crippen LogP contribution in [0.1, 0.15) is 85.5 Å². The van der Waals surface area contributed by atoms with Crippen molar-refractivity contribution in [2.24, 2.45) is 0 Å². The number of nitrogens with one attached hydrogen (secondary N) is 1. The van der Waals surface area contributed by atoms with Gasteiger partial charge >= 0.3 is 18.0 Å². The van der Waals surface area contributed by atoms with Gasteiger partial charge in [0.05, 0.1) is 18.7 Å². The molecule has 2 N–H and O–H groups in total. The topological polar surface area (TPSA) is 141 Å². The third-order valence-corrected chi connectivity index (χ3v) is 12.3. The van der Waals surface area contributed by atoms with Crippen molar-refractivity contribution in [3.05, 3.63) is 59.2 Å². The summed E-state index contributed by atoms with van der Waals surface area (Å²) < 4.78 is 22.9. The first-order chi connectivity index (χ1) is 20.8. The van der Waals surface area contributed by atoms with Gasteiger partial charge in [-0.3, -0.25) is 4.79 Å². The first kappa shape index (κ1) is 35.4. The average molecular weight is 643 g/mol. The van der Waals surface area contributed by atoms with Gasteiger partial charge in [-0.25, -0.2) is 14.4 Å². The summed E-state index contributed by atoms with van der Waals surface area (Å²) in [6.07, 6.45) is -0.668. The number of hydrogen-bond donors (Lipinski definition) is 2. The van der Waals surface area contributed by atoms with E-state index >= 15 is 0 Å². The number of nitrogens with zero attached hydrogens (tertiary/aromatic N) is 1. The summed E-state index contributed by atoms with van der Waals surface area (Å²) >= 11 is 0. The summed E-state index contributed by atoms with van der Waals surface area (Å²) in [6.45, 7) is 16.3. The maximum absolute atomic E-state index is 13.5. The molecule has 2 amide bonds. The van der Waals surface area contributed by atoms with E-state index in [9.17, 15) is 24.3 Å². The van der Waals surface area contributed by atoms with Gasteiger partial charge in [-0.15, -0.1) is 0 Å². The SMILES string of the molecule is COc1cccc(C(=O)O[C@@H]2CCCN(C(=O)OC(C)(C)C)C[C@H]2NC(=O)c2ccc(O[Si](C)(C)C(C)(C)C)cc2)c1C(=O)O. The highest BCUT2D eigenvalue weighted by Crippen LogP contribution is 2.37. The second kappa shape index (κ2) is 13.9. The fourth-order valence-corrected chi connectivity index (χ4v) is 5.60. The third kappa shape index (κ3) is 9.22. The van der Waals surface area contributed by atoms with Crippen molar-refractivity contribution in [3.63, 3.8) is 0 Å². The van der Waals surface area contributed by atoms with E-state index in [1.165, 1.54) is 30.2 Å². The number of ether oxygens (including phenoxy) is 3. The van der Waals surface area contributed by atoms with Crippen LogP contribution >= 0.6 is 0 Å². The lowest BCUT2D eigenvalue weighted by molar-refractivity contribution is 0.0124. The minimum Gasteiger partial charge on any atom is -0.544 e. The Kier molecular flexibility index (Phi) is 11.0. The Morgan fingerprint density at radius 2 is 1.62 bits per heavy atom. The molecule has 2 aromatic carbocycles. The van der Waals surface area contributed by atoms with Crippen LogP contribution in [0.5, 0.6) is 11.5 Å². The Labute approximate surface area is 266 Å². The van der Waals surface area contributed by atoms with Gasteiger partial charge in [0.25, 0.3) is 5.91 Å². The summed E-state index contributed by atoms with van der Waals surface area (Å²) in [7, 11) is -0.769. The minimum atomic E-state index is -2.08. The molecule has 1 aliphatic rings. The maximum Gasteiger partial charge on any atom is 0.410 e. The van der Waals surface area contributed by atoms with Gasteiger partial charge in [-0.2, -0.15) is 0 Å². The Morgan fingerprint density at radius 3 is 2.18 bits per heavy atom. The monoisotopic (exact) mass is 642 g/mol. The highest BCUT2D eigenvalue weighted by Gasteiger charge is 2.39. The number of carbonyl (C=O) groups excluding carboxylic acids is 3. The predicted molar refractivity (Wildman–Crippen MR) is 172 cm³/mol. The van der Waals surface area contributed by atoms with Gasteiger partial charge in [0, 0.05) is 18.7 Å². The lowest BCUT2D eigenvalue weighted by Gasteiger charge is -2.36. The molecule has 0 bridgehead atoms. The Bertz CT molecular complexity index is 1390. The number of methoxy groups -OCH3 is 1. The highest BCUT2D eigenvalue weighted by molar-refractivity contribution is 6.74. The Hall–Kier alpha value is -4.06. The van der Waals surface area contributed by atoms with Crippen molar-refractivity contribution in [1.82, 2.24) is 10.2 Å². The zero-order chi connectivity index (χ0) is 33.7. The maximum atomic E-state index is 13.5. The zero-order valence-corrected chi connectivity index (χ0v) is 28.7. The summed E-state index contributed by atoms with van der Waals surface area (Å²) in [5, 5.41) is 12.7. The quantitative estimate of drug-likeness (QED) is 0.257. The molecule has 1 heterocycles. The van der Waals surface area contributed by atoms with Gasteiger partial charge in [0.1, 0.15) is 28.8 Å².